The van der Waals surface area contributed by atoms with Gasteiger partial charge in [0.15, 0.2) is 0 Å². The van der Waals surface area contributed by atoms with Crippen LogP contribution in [0.2, 0.25) is 0 Å². The van der Waals surface area contributed by atoms with Crippen LogP contribution in [-0.4, -0.2) is 32.7 Å². The number of hydrogen-bond acceptors (Lipinski definition) is 5. The molecule has 0 radical (unpaired) electrons. The summed E-state index contributed by atoms with van der Waals surface area (Å²) in [6.07, 6.45) is 3.00. The summed E-state index contributed by atoms with van der Waals surface area (Å²) in [6, 6.07) is 4.13. The van der Waals surface area contributed by atoms with Crippen LogP contribution < -0.4 is 22.1 Å². The van der Waals surface area contributed by atoms with Crippen molar-refractivity contribution in [2.24, 2.45) is 17.4 Å². The lowest BCUT2D eigenvalue weighted by Gasteiger charge is -2.10. The Morgan fingerprint density at radius 3 is 2.40 bits per heavy atom. The molecule has 0 saturated heterocycles. The van der Waals surface area contributed by atoms with Crippen LogP contribution in [0, 0.1) is 5.92 Å². The molecular weight excluding hydrogens is 252 g/mol. The first kappa shape index (κ1) is 17.2. The third kappa shape index (κ3) is 7.65. The number of nitrogens with one attached hydrogen (secondary N) is 2. The molecule has 0 fully saturated rings. The van der Waals surface area contributed by atoms with Crippen LogP contribution in [0.3, 0.4) is 0 Å². The van der Waals surface area contributed by atoms with E-state index in [0.717, 1.165) is 70.1 Å². The average molecular weight is 282 g/mol. The van der Waals surface area contributed by atoms with Gasteiger partial charge in [0, 0.05) is 6.42 Å². The Labute approximate surface area is 122 Å². The van der Waals surface area contributed by atoms with Crippen LogP contribution in [0.15, 0.2) is 16.5 Å². The molecule has 0 aliphatic heterocycles. The highest BCUT2D eigenvalue weighted by atomic mass is 16.3. The first-order valence-electron chi connectivity index (χ1n) is 7.65. The predicted molar refractivity (Wildman–Crippen MR) is 83.5 cm³/mol. The van der Waals surface area contributed by atoms with E-state index in [1.54, 1.807) is 0 Å². The van der Waals surface area contributed by atoms with E-state index in [-0.39, 0.29) is 0 Å². The molecule has 0 aromatic carbocycles. The van der Waals surface area contributed by atoms with Crippen LogP contribution in [0.5, 0.6) is 0 Å². The summed E-state index contributed by atoms with van der Waals surface area (Å²) in [5.41, 5.74) is 10.9. The van der Waals surface area contributed by atoms with E-state index in [1.807, 2.05) is 0 Å². The Balaban J connectivity index is 2.18. The Morgan fingerprint density at radius 2 is 1.70 bits per heavy atom. The normalized spacial score (nSPS) is 12.8. The summed E-state index contributed by atoms with van der Waals surface area (Å²) in [7, 11) is 0. The molecule has 1 aromatic heterocycles. The summed E-state index contributed by atoms with van der Waals surface area (Å²) in [5, 5.41) is 6.74. The van der Waals surface area contributed by atoms with Gasteiger partial charge < -0.3 is 26.5 Å². The van der Waals surface area contributed by atoms with Crippen LogP contribution in [-0.2, 0) is 13.0 Å². The molecule has 1 heterocycles. The van der Waals surface area contributed by atoms with Crippen molar-refractivity contribution in [1.29, 1.82) is 0 Å². The average Bonchev–Trinajstić information content (AvgIpc) is 2.87. The van der Waals surface area contributed by atoms with E-state index in [9.17, 15) is 0 Å². The van der Waals surface area contributed by atoms with E-state index >= 15 is 0 Å². The van der Waals surface area contributed by atoms with Gasteiger partial charge in [-0.3, -0.25) is 0 Å². The zero-order valence-corrected chi connectivity index (χ0v) is 12.7. The smallest absolute Gasteiger partial charge is 0.117 e. The van der Waals surface area contributed by atoms with Crippen LogP contribution in [0.4, 0.5) is 0 Å². The third-order valence-electron chi connectivity index (χ3n) is 3.17. The van der Waals surface area contributed by atoms with Crippen molar-refractivity contribution in [2.75, 3.05) is 32.7 Å². The maximum atomic E-state index is 5.82. The lowest BCUT2D eigenvalue weighted by molar-refractivity contribution is 0.408. The second-order valence-electron chi connectivity index (χ2n) is 5.34. The highest BCUT2D eigenvalue weighted by Gasteiger charge is 2.07. The van der Waals surface area contributed by atoms with Gasteiger partial charge in [0.25, 0.3) is 0 Å². The molecule has 5 nitrogen and oxygen atoms in total. The van der Waals surface area contributed by atoms with Crippen molar-refractivity contribution in [1.82, 2.24) is 10.6 Å². The quantitative estimate of drug-likeness (QED) is 0.427. The number of nitrogens with two attached hydrogens (primary N) is 2. The first-order chi connectivity index (χ1) is 9.76. The monoisotopic (exact) mass is 282 g/mol. The third-order valence-corrected chi connectivity index (χ3v) is 3.17. The second kappa shape index (κ2) is 10.9. The van der Waals surface area contributed by atoms with Gasteiger partial charge in [0.1, 0.15) is 11.5 Å². The zero-order chi connectivity index (χ0) is 14.6. The van der Waals surface area contributed by atoms with Crippen LogP contribution in [0.25, 0.3) is 0 Å². The highest BCUT2D eigenvalue weighted by molar-refractivity contribution is 5.07. The van der Waals surface area contributed by atoms with Crippen molar-refractivity contribution in [3.05, 3.63) is 23.7 Å². The van der Waals surface area contributed by atoms with Crippen LogP contribution in [0.1, 0.15) is 31.3 Å². The van der Waals surface area contributed by atoms with Gasteiger partial charge in [-0.25, -0.2) is 0 Å². The maximum absolute atomic E-state index is 5.82. The molecule has 1 unspecified atom stereocenters. The molecule has 1 aromatic rings. The van der Waals surface area contributed by atoms with E-state index in [1.165, 1.54) is 0 Å². The van der Waals surface area contributed by atoms with Crippen molar-refractivity contribution in [3.8, 4) is 0 Å². The van der Waals surface area contributed by atoms with Gasteiger partial charge in [-0.15, -0.1) is 0 Å². The standard InChI is InChI=1S/C15H30N4O/c1-13(11-18-8-2-6-16)10-14-4-5-15(20-14)12-19-9-3-7-17/h4-5,13,18-19H,2-3,6-12,16-17H2,1H3. The van der Waals surface area contributed by atoms with E-state index < -0.39 is 0 Å². The zero-order valence-electron chi connectivity index (χ0n) is 12.7. The minimum Gasteiger partial charge on any atom is -0.465 e. The topological polar surface area (TPSA) is 89.2 Å². The minimum atomic E-state index is 0.567. The van der Waals surface area contributed by atoms with Crippen molar-refractivity contribution < 1.29 is 4.42 Å². The molecule has 0 bridgehead atoms. The molecule has 0 aliphatic carbocycles. The molecule has 20 heavy (non-hydrogen) atoms. The molecule has 6 N–H and O–H groups in total. The van der Waals surface area contributed by atoms with E-state index in [0.29, 0.717) is 5.92 Å². The Hall–Kier alpha value is -0.880. The lowest BCUT2D eigenvalue weighted by Crippen LogP contribution is -2.24. The van der Waals surface area contributed by atoms with Gasteiger partial charge in [0.05, 0.1) is 6.54 Å². The fourth-order valence-corrected chi connectivity index (χ4v) is 2.06. The molecule has 1 rings (SSSR count). The molecule has 116 valence electrons. The van der Waals surface area contributed by atoms with Crippen molar-refractivity contribution in [2.45, 2.75) is 32.7 Å². The lowest BCUT2D eigenvalue weighted by atomic mass is 10.1. The Kier molecular flexibility index (Phi) is 9.32. The largest absolute Gasteiger partial charge is 0.465 e. The van der Waals surface area contributed by atoms with E-state index in [2.05, 4.69) is 29.7 Å². The summed E-state index contributed by atoms with van der Waals surface area (Å²) < 4.78 is 5.82. The first-order valence-corrected chi connectivity index (χ1v) is 7.65. The predicted octanol–water partition coefficient (Wildman–Crippen LogP) is 0.835. The molecule has 5 heteroatoms. The Morgan fingerprint density at radius 1 is 1.05 bits per heavy atom. The summed E-state index contributed by atoms with van der Waals surface area (Å²) in [4.78, 5) is 0. The van der Waals surface area contributed by atoms with Gasteiger partial charge in [-0.2, -0.15) is 0 Å². The van der Waals surface area contributed by atoms with Gasteiger partial charge in [-0.05, 0) is 63.6 Å². The molecule has 0 saturated carbocycles. The summed E-state index contributed by atoms with van der Waals surface area (Å²) >= 11 is 0. The maximum Gasteiger partial charge on any atom is 0.117 e. The number of rotatable bonds is 12. The molecule has 0 amide bonds. The molecule has 0 aliphatic rings. The van der Waals surface area contributed by atoms with Crippen LogP contribution >= 0.6 is 0 Å². The Bertz CT molecular complexity index is 340. The SMILES string of the molecule is CC(CNCCCN)Cc1ccc(CNCCCN)o1. The second-order valence-corrected chi connectivity index (χ2v) is 5.34. The van der Waals surface area contributed by atoms with Crippen molar-refractivity contribution >= 4 is 0 Å². The number of hydrogen-bond donors (Lipinski definition) is 4. The highest BCUT2D eigenvalue weighted by Crippen LogP contribution is 2.12. The van der Waals surface area contributed by atoms with Gasteiger partial charge in [0.2, 0.25) is 0 Å². The number of furan rings is 1. The fourth-order valence-electron chi connectivity index (χ4n) is 2.06. The summed E-state index contributed by atoms with van der Waals surface area (Å²) in [5.74, 6) is 2.63. The molecule has 0 spiro atoms. The summed E-state index contributed by atoms with van der Waals surface area (Å²) in [6.45, 7) is 7.43. The van der Waals surface area contributed by atoms with Gasteiger partial charge >= 0.3 is 0 Å². The molecular formula is C15H30N4O. The van der Waals surface area contributed by atoms with Gasteiger partial charge in [-0.1, -0.05) is 6.92 Å². The van der Waals surface area contributed by atoms with E-state index in [4.69, 9.17) is 15.9 Å². The molecule has 1 atom stereocenters. The minimum absolute atomic E-state index is 0.567. The van der Waals surface area contributed by atoms with Crippen molar-refractivity contribution in [3.63, 3.8) is 0 Å². The fraction of sp³-hybridized carbons (Fsp3) is 0.733.